The van der Waals surface area contributed by atoms with E-state index in [4.69, 9.17) is 27.9 Å². The number of aryl methyl sites for hydroxylation is 1. The lowest BCUT2D eigenvalue weighted by atomic mass is 10.2. The molecule has 5 heteroatoms. The van der Waals surface area contributed by atoms with Crippen LogP contribution < -0.4 is 4.74 Å². The van der Waals surface area contributed by atoms with Crippen molar-refractivity contribution in [3.63, 3.8) is 0 Å². The predicted octanol–water partition coefficient (Wildman–Crippen LogP) is 4.51. The van der Waals surface area contributed by atoms with Crippen LogP contribution >= 0.6 is 23.2 Å². The van der Waals surface area contributed by atoms with Crippen molar-refractivity contribution in [3.8, 4) is 11.5 Å². The molecular weight excluding hydrogens is 309 g/mol. The molecule has 0 amide bonds. The maximum Gasteiger partial charge on any atom is 0.143 e. The third-order valence-electron chi connectivity index (χ3n) is 2.80. The Morgan fingerprint density at radius 1 is 1.19 bits per heavy atom. The first kappa shape index (κ1) is 15.7. The van der Waals surface area contributed by atoms with Crippen LogP contribution in [0.4, 0.5) is 0 Å². The summed E-state index contributed by atoms with van der Waals surface area (Å²) in [6.07, 6.45) is 1.53. The second-order valence-electron chi connectivity index (χ2n) is 4.52. The van der Waals surface area contributed by atoms with E-state index in [9.17, 15) is 5.11 Å². The topological polar surface area (TPSA) is 41.8 Å². The van der Waals surface area contributed by atoms with E-state index in [2.05, 4.69) is 4.99 Å². The highest BCUT2D eigenvalue weighted by Gasteiger charge is 2.05. The molecule has 2 aromatic rings. The minimum Gasteiger partial charge on any atom is -0.506 e. The van der Waals surface area contributed by atoms with Crippen LogP contribution in [-0.4, -0.2) is 24.5 Å². The first-order valence-corrected chi connectivity index (χ1v) is 7.19. The fraction of sp³-hybridized carbons (Fsp3) is 0.188. The van der Waals surface area contributed by atoms with Gasteiger partial charge in [-0.05, 0) is 31.2 Å². The smallest absolute Gasteiger partial charge is 0.143 e. The lowest BCUT2D eigenvalue weighted by molar-refractivity contribution is 0.329. The van der Waals surface area contributed by atoms with Gasteiger partial charge >= 0.3 is 0 Å². The zero-order valence-corrected chi connectivity index (χ0v) is 13.0. The summed E-state index contributed by atoms with van der Waals surface area (Å²) in [7, 11) is 0. The van der Waals surface area contributed by atoms with Crippen molar-refractivity contribution >= 4 is 29.4 Å². The minimum atomic E-state index is -0.0238. The van der Waals surface area contributed by atoms with Gasteiger partial charge in [-0.3, -0.25) is 4.99 Å². The molecule has 110 valence electrons. The molecule has 0 spiro atoms. The van der Waals surface area contributed by atoms with E-state index in [0.717, 1.165) is 5.75 Å². The number of aliphatic imine (C=N–C) groups is 1. The molecule has 2 aromatic carbocycles. The third kappa shape index (κ3) is 4.66. The lowest BCUT2D eigenvalue weighted by Crippen LogP contribution is -2.01. The quantitative estimate of drug-likeness (QED) is 0.650. The number of rotatable bonds is 5. The summed E-state index contributed by atoms with van der Waals surface area (Å²) in [6.45, 7) is 2.95. The Hall–Kier alpha value is -1.71. The molecule has 1 N–H and O–H groups in total. The largest absolute Gasteiger partial charge is 0.506 e. The molecule has 0 heterocycles. The van der Waals surface area contributed by atoms with Gasteiger partial charge in [0.2, 0.25) is 0 Å². The minimum absolute atomic E-state index is 0.0238. The van der Waals surface area contributed by atoms with Crippen molar-refractivity contribution in [2.24, 2.45) is 4.99 Å². The summed E-state index contributed by atoms with van der Waals surface area (Å²) in [4.78, 5) is 4.19. The van der Waals surface area contributed by atoms with Crippen molar-refractivity contribution in [2.75, 3.05) is 13.2 Å². The number of halogens is 2. The van der Waals surface area contributed by atoms with Gasteiger partial charge in [-0.1, -0.05) is 40.9 Å². The fourth-order valence-electron chi connectivity index (χ4n) is 1.70. The van der Waals surface area contributed by atoms with Crippen molar-refractivity contribution in [1.82, 2.24) is 0 Å². The maximum absolute atomic E-state index is 9.77. The molecule has 0 saturated heterocycles. The Labute approximate surface area is 133 Å². The molecule has 0 atom stereocenters. The first-order valence-electron chi connectivity index (χ1n) is 6.43. The van der Waals surface area contributed by atoms with Crippen molar-refractivity contribution in [2.45, 2.75) is 6.92 Å². The number of phenolic OH excluding ortho intramolecular Hbond substituents is 1. The van der Waals surface area contributed by atoms with Gasteiger partial charge in [0, 0.05) is 16.8 Å². The van der Waals surface area contributed by atoms with E-state index >= 15 is 0 Å². The van der Waals surface area contributed by atoms with E-state index < -0.39 is 0 Å². The zero-order valence-electron chi connectivity index (χ0n) is 11.5. The summed E-state index contributed by atoms with van der Waals surface area (Å²) < 4.78 is 5.55. The Kier molecular flexibility index (Phi) is 5.48. The number of ether oxygens (including phenoxy) is 1. The van der Waals surface area contributed by atoms with Crippen molar-refractivity contribution in [3.05, 3.63) is 57.6 Å². The van der Waals surface area contributed by atoms with Crippen LogP contribution in [0.5, 0.6) is 11.5 Å². The average molecular weight is 324 g/mol. The molecule has 0 aliphatic carbocycles. The highest BCUT2D eigenvalue weighted by atomic mass is 35.5. The molecule has 2 rings (SSSR count). The maximum atomic E-state index is 9.77. The van der Waals surface area contributed by atoms with E-state index in [1.807, 2.05) is 31.2 Å². The standard InChI is InChI=1S/C16H15Cl2NO2/c1-11-2-4-14(5-3-11)21-7-6-19-10-12-8-13(17)9-15(18)16(12)20/h2-5,8-10,20H,6-7H2,1H3. The van der Waals surface area contributed by atoms with Crippen molar-refractivity contribution < 1.29 is 9.84 Å². The molecule has 0 aliphatic heterocycles. The van der Waals surface area contributed by atoms with E-state index in [-0.39, 0.29) is 10.8 Å². The van der Waals surface area contributed by atoms with Gasteiger partial charge in [-0.15, -0.1) is 0 Å². The number of nitrogens with zero attached hydrogens (tertiary/aromatic N) is 1. The van der Waals surface area contributed by atoms with Gasteiger partial charge in [-0.2, -0.15) is 0 Å². The van der Waals surface area contributed by atoms with Crippen LogP contribution in [0.15, 0.2) is 41.4 Å². The van der Waals surface area contributed by atoms with Crippen molar-refractivity contribution in [1.29, 1.82) is 0 Å². The van der Waals surface area contributed by atoms with Crippen LogP contribution in [0.25, 0.3) is 0 Å². The van der Waals surface area contributed by atoms with Gasteiger partial charge in [0.05, 0.1) is 11.6 Å². The Balaban J connectivity index is 1.87. The van der Waals surface area contributed by atoms with Gasteiger partial charge in [0.1, 0.15) is 18.1 Å². The molecule has 0 aliphatic rings. The molecule has 0 bridgehead atoms. The van der Waals surface area contributed by atoms with Gasteiger partial charge in [0.15, 0.2) is 0 Å². The van der Waals surface area contributed by atoms with Crippen LogP contribution in [-0.2, 0) is 0 Å². The Morgan fingerprint density at radius 2 is 1.90 bits per heavy atom. The number of hydrogen-bond donors (Lipinski definition) is 1. The SMILES string of the molecule is Cc1ccc(OCCN=Cc2cc(Cl)cc(Cl)c2O)cc1. The highest BCUT2D eigenvalue weighted by molar-refractivity contribution is 6.36. The zero-order chi connectivity index (χ0) is 15.2. The molecule has 0 radical (unpaired) electrons. The van der Waals surface area contributed by atoms with Crippen LogP contribution in [0.2, 0.25) is 10.0 Å². The number of aromatic hydroxyl groups is 1. The number of hydrogen-bond acceptors (Lipinski definition) is 3. The molecule has 3 nitrogen and oxygen atoms in total. The summed E-state index contributed by atoms with van der Waals surface area (Å²) in [5, 5.41) is 10.4. The van der Waals surface area contributed by atoms with E-state index in [0.29, 0.717) is 23.7 Å². The summed E-state index contributed by atoms with van der Waals surface area (Å²) in [6, 6.07) is 10.9. The monoisotopic (exact) mass is 323 g/mol. The van der Waals surface area contributed by atoms with Gasteiger partial charge < -0.3 is 9.84 Å². The molecular formula is C16H15Cl2NO2. The van der Waals surface area contributed by atoms with E-state index in [1.165, 1.54) is 17.8 Å². The normalized spacial score (nSPS) is 11.0. The third-order valence-corrected chi connectivity index (χ3v) is 3.30. The average Bonchev–Trinajstić information content (AvgIpc) is 2.45. The molecule has 0 saturated carbocycles. The van der Waals surface area contributed by atoms with Gasteiger partial charge in [0.25, 0.3) is 0 Å². The molecule has 0 unspecified atom stereocenters. The van der Waals surface area contributed by atoms with Crippen LogP contribution in [0, 0.1) is 6.92 Å². The number of phenols is 1. The first-order chi connectivity index (χ1) is 10.1. The summed E-state index contributed by atoms with van der Waals surface area (Å²) in [5.41, 5.74) is 1.68. The fourth-order valence-corrected chi connectivity index (χ4v) is 2.21. The van der Waals surface area contributed by atoms with Gasteiger partial charge in [-0.25, -0.2) is 0 Å². The van der Waals surface area contributed by atoms with E-state index in [1.54, 1.807) is 6.07 Å². The summed E-state index contributed by atoms with van der Waals surface area (Å²) >= 11 is 11.7. The lowest BCUT2D eigenvalue weighted by Gasteiger charge is -2.05. The highest BCUT2D eigenvalue weighted by Crippen LogP contribution is 2.29. The van der Waals surface area contributed by atoms with Crippen LogP contribution in [0.1, 0.15) is 11.1 Å². The molecule has 0 fully saturated rings. The Bertz CT molecular complexity index is 639. The predicted molar refractivity (Wildman–Crippen MR) is 87.3 cm³/mol. The molecule has 0 aromatic heterocycles. The second-order valence-corrected chi connectivity index (χ2v) is 5.37. The number of benzene rings is 2. The Morgan fingerprint density at radius 3 is 2.62 bits per heavy atom. The molecule has 21 heavy (non-hydrogen) atoms. The van der Waals surface area contributed by atoms with Crippen LogP contribution in [0.3, 0.4) is 0 Å². The summed E-state index contributed by atoms with van der Waals surface area (Å²) in [5.74, 6) is 0.786. The second kappa shape index (κ2) is 7.34.